The number of nitrogens with one attached hydrogen (secondary N) is 3. The number of amides is 1. The van der Waals surface area contributed by atoms with E-state index >= 15 is 0 Å². The molecular formula is C16H21N7O. The predicted octanol–water partition coefficient (Wildman–Crippen LogP) is 0.775. The van der Waals surface area contributed by atoms with Crippen LogP contribution in [-0.4, -0.2) is 37.9 Å². The van der Waals surface area contributed by atoms with Gasteiger partial charge in [-0.25, -0.2) is 20.1 Å². The number of hydrogen-bond acceptors (Lipinski definition) is 6. The number of nitrogens with zero attached hydrogens (tertiary/aromatic N) is 4. The van der Waals surface area contributed by atoms with Crippen LogP contribution in [0.1, 0.15) is 42.5 Å². The van der Waals surface area contributed by atoms with Crippen molar-refractivity contribution in [3.8, 4) is 5.82 Å². The SMILES string of the molecule is O=C(NC1CC(C2CCCC2)NN1)c1ccnc(-n2cncn2)c1. The van der Waals surface area contributed by atoms with Crippen LogP contribution in [0.25, 0.3) is 5.82 Å². The topological polar surface area (TPSA) is 96.8 Å². The highest BCUT2D eigenvalue weighted by Crippen LogP contribution is 2.30. The lowest BCUT2D eigenvalue weighted by atomic mass is 9.96. The molecule has 4 rings (SSSR count). The monoisotopic (exact) mass is 327 g/mol. The molecule has 0 radical (unpaired) electrons. The zero-order valence-corrected chi connectivity index (χ0v) is 13.4. The summed E-state index contributed by atoms with van der Waals surface area (Å²) in [5.74, 6) is 1.17. The highest BCUT2D eigenvalue weighted by atomic mass is 16.1. The molecule has 1 aliphatic heterocycles. The minimum absolute atomic E-state index is 0.0499. The lowest BCUT2D eigenvalue weighted by molar-refractivity contribution is 0.0932. The molecule has 2 aromatic rings. The lowest BCUT2D eigenvalue weighted by Crippen LogP contribution is -2.44. The van der Waals surface area contributed by atoms with E-state index in [9.17, 15) is 4.79 Å². The molecule has 3 heterocycles. The van der Waals surface area contributed by atoms with Crippen LogP contribution >= 0.6 is 0 Å². The summed E-state index contributed by atoms with van der Waals surface area (Å²) in [6.45, 7) is 0. The van der Waals surface area contributed by atoms with Crippen molar-refractivity contribution < 1.29 is 4.79 Å². The number of hydrazine groups is 1. The van der Waals surface area contributed by atoms with E-state index in [-0.39, 0.29) is 12.1 Å². The minimum atomic E-state index is -0.120. The van der Waals surface area contributed by atoms with Crippen molar-refractivity contribution in [3.05, 3.63) is 36.5 Å². The third kappa shape index (κ3) is 3.15. The minimum Gasteiger partial charge on any atom is -0.335 e. The van der Waals surface area contributed by atoms with E-state index in [1.165, 1.54) is 36.7 Å². The zero-order valence-electron chi connectivity index (χ0n) is 13.4. The molecule has 8 nitrogen and oxygen atoms in total. The Morgan fingerprint density at radius 3 is 2.96 bits per heavy atom. The summed E-state index contributed by atoms with van der Waals surface area (Å²) in [7, 11) is 0. The van der Waals surface area contributed by atoms with Gasteiger partial charge in [0.25, 0.3) is 5.91 Å². The van der Waals surface area contributed by atoms with Crippen LogP contribution in [0.5, 0.6) is 0 Å². The summed E-state index contributed by atoms with van der Waals surface area (Å²) in [6, 6.07) is 3.86. The summed E-state index contributed by atoms with van der Waals surface area (Å²) in [5.41, 5.74) is 7.10. The van der Waals surface area contributed by atoms with Gasteiger partial charge >= 0.3 is 0 Å². The van der Waals surface area contributed by atoms with E-state index in [1.807, 2.05) is 0 Å². The molecule has 2 aliphatic rings. The van der Waals surface area contributed by atoms with Crippen molar-refractivity contribution in [1.29, 1.82) is 0 Å². The van der Waals surface area contributed by atoms with Gasteiger partial charge in [0.1, 0.15) is 12.7 Å². The Morgan fingerprint density at radius 1 is 1.29 bits per heavy atom. The van der Waals surface area contributed by atoms with Crippen molar-refractivity contribution in [1.82, 2.24) is 35.9 Å². The van der Waals surface area contributed by atoms with Gasteiger partial charge in [-0.05, 0) is 37.3 Å². The third-order valence-corrected chi connectivity index (χ3v) is 4.87. The average molecular weight is 327 g/mol. The summed E-state index contributed by atoms with van der Waals surface area (Å²) < 4.78 is 1.53. The first-order valence-corrected chi connectivity index (χ1v) is 8.42. The van der Waals surface area contributed by atoms with Crippen LogP contribution in [0.4, 0.5) is 0 Å². The van der Waals surface area contributed by atoms with Crippen LogP contribution < -0.4 is 16.2 Å². The molecule has 1 amide bonds. The summed E-state index contributed by atoms with van der Waals surface area (Å²) in [4.78, 5) is 20.6. The highest BCUT2D eigenvalue weighted by Gasteiger charge is 2.32. The van der Waals surface area contributed by atoms with Crippen molar-refractivity contribution in [2.45, 2.75) is 44.3 Å². The molecule has 1 saturated heterocycles. The first kappa shape index (κ1) is 15.2. The molecule has 2 aromatic heterocycles. The van der Waals surface area contributed by atoms with Gasteiger partial charge in [-0.1, -0.05) is 12.8 Å². The van der Waals surface area contributed by atoms with Crippen LogP contribution in [0.2, 0.25) is 0 Å². The lowest BCUT2D eigenvalue weighted by Gasteiger charge is -2.16. The molecule has 24 heavy (non-hydrogen) atoms. The van der Waals surface area contributed by atoms with Gasteiger partial charge in [-0.3, -0.25) is 10.2 Å². The summed E-state index contributed by atoms with van der Waals surface area (Å²) >= 11 is 0. The largest absolute Gasteiger partial charge is 0.335 e. The molecule has 1 aliphatic carbocycles. The second-order valence-electron chi connectivity index (χ2n) is 6.44. The van der Waals surface area contributed by atoms with Gasteiger partial charge in [0.2, 0.25) is 0 Å². The molecule has 0 spiro atoms. The Hall–Kier alpha value is -2.32. The third-order valence-electron chi connectivity index (χ3n) is 4.87. The number of carbonyl (C=O) groups excluding carboxylic acids is 1. The van der Waals surface area contributed by atoms with Crippen LogP contribution in [0.3, 0.4) is 0 Å². The number of rotatable bonds is 4. The van der Waals surface area contributed by atoms with Crippen LogP contribution in [-0.2, 0) is 0 Å². The van der Waals surface area contributed by atoms with Crippen molar-refractivity contribution in [2.75, 3.05) is 0 Å². The van der Waals surface area contributed by atoms with Gasteiger partial charge < -0.3 is 5.32 Å². The summed E-state index contributed by atoms with van der Waals surface area (Å²) in [6.07, 6.45) is 10.7. The molecule has 2 atom stereocenters. The van der Waals surface area contributed by atoms with Crippen LogP contribution in [0, 0.1) is 5.92 Å². The maximum Gasteiger partial charge on any atom is 0.252 e. The summed E-state index contributed by atoms with van der Waals surface area (Å²) in [5, 5.41) is 7.07. The van der Waals surface area contributed by atoms with E-state index in [1.54, 1.807) is 24.7 Å². The highest BCUT2D eigenvalue weighted by molar-refractivity contribution is 5.94. The van der Waals surface area contributed by atoms with Crippen molar-refractivity contribution in [2.24, 2.45) is 5.92 Å². The van der Waals surface area contributed by atoms with E-state index in [0.29, 0.717) is 17.4 Å². The van der Waals surface area contributed by atoms with Crippen molar-refractivity contribution >= 4 is 5.91 Å². The Balaban J connectivity index is 1.39. The van der Waals surface area contributed by atoms with Gasteiger partial charge in [0, 0.05) is 17.8 Å². The van der Waals surface area contributed by atoms with Crippen molar-refractivity contribution in [3.63, 3.8) is 0 Å². The number of hydrogen-bond donors (Lipinski definition) is 3. The Morgan fingerprint density at radius 2 is 2.17 bits per heavy atom. The molecule has 2 unspecified atom stereocenters. The molecule has 8 heteroatoms. The second-order valence-corrected chi connectivity index (χ2v) is 6.44. The number of aromatic nitrogens is 4. The maximum atomic E-state index is 12.5. The first-order valence-electron chi connectivity index (χ1n) is 8.42. The number of pyridine rings is 1. The fourth-order valence-electron chi connectivity index (χ4n) is 3.60. The van der Waals surface area contributed by atoms with E-state index in [0.717, 1.165) is 12.3 Å². The molecule has 1 saturated carbocycles. The van der Waals surface area contributed by atoms with Gasteiger partial charge in [-0.15, -0.1) is 0 Å². The number of carbonyl (C=O) groups is 1. The van der Waals surface area contributed by atoms with Gasteiger partial charge in [0.05, 0.1) is 6.17 Å². The maximum absolute atomic E-state index is 12.5. The van der Waals surface area contributed by atoms with Crippen LogP contribution in [0.15, 0.2) is 31.0 Å². The van der Waals surface area contributed by atoms with Gasteiger partial charge in [0.15, 0.2) is 5.82 Å². The molecule has 0 aromatic carbocycles. The smallest absolute Gasteiger partial charge is 0.252 e. The fourth-order valence-corrected chi connectivity index (χ4v) is 3.60. The zero-order chi connectivity index (χ0) is 16.4. The Labute approximate surface area is 140 Å². The fraction of sp³-hybridized carbons (Fsp3) is 0.500. The van der Waals surface area contributed by atoms with E-state index in [4.69, 9.17) is 0 Å². The predicted molar refractivity (Wildman–Crippen MR) is 87.0 cm³/mol. The van der Waals surface area contributed by atoms with E-state index in [2.05, 4.69) is 31.2 Å². The van der Waals surface area contributed by atoms with Gasteiger partial charge in [-0.2, -0.15) is 5.10 Å². The molecule has 0 bridgehead atoms. The standard InChI is InChI=1S/C16H21N7O/c24-16(12-5-6-18-15(7-12)23-10-17-9-19-23)20-14-8-13(21-22-14)11-3-1-2-4-11/h5-7,9-11,13-14,21-22H,1-4,8H2,(H,20,24). The van der Waals surface area contributed by atoms with E-state index < -0.39 is 0 Å². The molecular weight excluding hydrogens is 306 g/mol. The quantitative estimate of drug-likeness (QED) is 0.768. The average Bonchev–Trinajstić information content (AvgIpc) is 3.36. The molecule has 3 N–H and O–H groups in total. The first-order chi connectivity index (χ1) is 11.8. The molecule has 126 valence electrons. The second kappa shape index (κ2) is 6.66. The normalized spacial score (nSPS) is 24.3. The molecule has 2 fully saturated rings. The Bertz CT molecular complexity index is 696. The Kier molecular flexibility index (Phi) is 4.22.